The first-order chi connectivity index (χ1) is 25.1. The fraction of sp³-hybridized carbons (Fsp3) is 0.319. The van der Waals surface area contributed by atoms with Crippen LogP contribution >= 0.6 is 0 Å². The largest absolute Gasteiger partial charge is 0.486 e. The Hall–Kier alpha value is -5.10. The maximum Gasteiger partial charge on any atom is 0.297 e. The molecular formula is C47H49BN2O3. The molecule has 6 heteroatoms. The number of rotatable bonds is 2. The van der Waals surface area contributed by atoms with E-state index in [4.69, 9.17) is 13.9 Å². The second-order valence-electron chi connectivity index (χ2n) is 17.6. The summed E-state index contributed by atoms with van der Waals surface area (Å²) in [6, 6.07) is 27.4. The number of aryl methyl sites for hydroxylation is 4. The molecular weight excluding hydrogens is 651 g/mol. The Morgan fingerprint density at radius 1 is 0.604 bits per heavy atom. The first-order valence-electron chi connectivity index (χ1n) is 19.1. The highest BCUT2D eigenvalue weighted by molar-refractivity contribution is 7.00. The zero-order valence-corrected chi connectivity index (χ0v) is 33.0. The Bertz CT molecular complexity index is 2490. The smallest absolute Gasteiger partial charge is 0.297 e. The van der Waals surface area contributed by atoms with Crippen LogP contribution in [0.3, 0.4) is 0 Å². The van der Waals surface area contributed by atoms with Crippen LogP contribution < -0.4 is 35.9 Å². The summed E-state index contributed by atoms with van der Waals surface area (Å²) < 4.78 is 19.6. The van der Waals surface area contributed by atoms with Crippen molar-refractivity contribution >= 4 is 68.4 Å². The van der Waals surface area contributed by atoms with Gasteiger partial charge < -0.3 is 23.7 Å². The van der Waals surface area contributed by atoms with Crippen molar-refractivity contribution in [3.8, 4) is 11.5 Å². The molecule has 4 heterocycles. The van der Waals surface area contributed by atoms with E-state index < -0.39 is 0 Å². The quantitative estimate of drug-likeness (QED) is 0.168. The molecule has 5 nitrogen and oxygen atoms in total. The van der Waals surface area contributed by atoms with Crippen molar-refractivity contribution in [2.45, 2.75) is 87.0 Å². The zero-order valence-electron chi connectivity index (χ0n) is 33.0. The molecule has 0 radical (unpaired) electrons. The first-order valence-corrected chi connectivity index (χ1v) is 19.1. The third kappa shape index (κ3) is 4.97. The molecule has 268 valence electrons. The topological polar surface area (TPSA) is 38.1 Å². The van der Waals surface area contributed by atoms with Gasteiger partial charge in [0.05, 0.1) is 22.7 Å². The summed E-state index contributed by atoms with van der Waals surface area (Å²) >= 11 is 0. The monoisotopic (exact) mass is 700 g/mol. The summed E-state index contributed by atoms with van der Waals surface area (Å²) in [4.78, 5) is 5.03. The van der Waals surface area contributed by atoms with E-state index in [1.54, 1.807) is 0 Å². The Labute approximate surface area is 314 Å². The van der Waals surface area contributed by atoms with E-state index >= 15 is 0 Å². The highest BCUT2D eigenvalue weighted by Gasteiger charge is 2.48. The second-order valence-corrected chi connectivity index (χ2v) is 17.6. The minimum atomic E-state index is -0.111. The lowest BCUT2D eigenvalue weighted by molar-refractivity contribution is 0.170. The van der Waals surface area contributed by atoms with E-state index in [-0.39, 0.29) is 17.5 Å². The minimum Gasteiger partial charge on any atom is -0.486 e. The lowest BCUT2D eigenvalue weighted by Crippen LogP contribution is -2.61. The molecule has 6 aromatic rings. The molecule has 0 amide bonds. The number of nitrogens with zero attached hydrogens (tertiary/aromatic N) is 2. The van der Waals surface area contributed by atoms with Gasteiger partial charge in [0, 0.05) is 28.0 Å². The zero-order chi connectivity index (χ0) is 37.3. The van der Waals surface area contributed by atoms with E-state index in [2.05, 4.69) is 159 Å². The average Bonchev–Trinajstić information content (AvgIpc) is 3.48. The van der Waals surface area contributed by atoms with E-state index in [1.807, 2.05) is 0 Å². The summed E-state index contributed by atoms with van der Waals surface area (Å²) in [6.07, 6.45) is 0. The van der Waals surface area contributed by atoms with Gasteiger partial charge in [0.15, 0.2) is 11.5 Å². The van der Waals surface area contributed by atoms with Crippen LogP contribution in [0.2, 0.25) is 0 Å². The van der Waals surface area contributed by atoms with Gasteiger partial charge in [-0.2, -0.15) is 0 Å². The SMILES string of the molecule is Cc1cc2c3c(c1)N(c1c(C)cc(C(C)(C)C)cc1C)c1c(oc4ccccc14)B3c1cc(C(C)(C)C)ccc1N2c1c(C)cc2c(c1C)OCCO2. The first kappa shape index (κ1) is 33.7. The summed E-state index contributed by atoms with van der Waals surface area (Å²) in [5.41, 5.74) is 20.0. The molecule has 0 aliphatic carbocycles. The number of anilines is 6. The maximum absolute atomic E-state index is 7.13. The van der Waals surface area contributed by atoms with Gasteiger partial charge in [0.2, 0.25) is 0 Å². The molecule has 0 saturated carbocycles. The Kier molecular flexibility index (Phi) is 7.29. The number of ether oxygens (including phenoxy) is 2. The highest BCUT2D eigenvalue weighted by Crippen LogP contribution is 2.51. The Morgan fingerprint density at radius 2 is 1.25 bits per heavy atom. The average molecular weight is 701 g/mol. The molecule has 53 heavy (non-hydrogen) atoms. The van der Waals surface area contributed by atoms with Gasteiger partial charge in [0.25, 0.3) is 6.71 Å². The number of fused-ring (bicyclic) bond motifs is 7. The molecule has 0 atom stereocenters. The van der Waals surface area contributed by atoms with E-state index in [9.17, 15) is 0 Å². The van der Waals surface area contributed by atoms with Gasteiger partial charge in [-0.25, -0.2) is 0 Å². The summed E-state index contributed by atoms with van der Waals surface area (Å²) in [5, 5.41) is 1.13. The predicted molar refractivity (Wildman–Crippen MR) is 222 cm³/mol. The standard InChI is InChI=1S/C47H49BN2O3/c1-26-20-36-40-37(21-26)50(41-27(2)22-32(23-28(41)3)47(9,10)11)43-33-14-12-13-15-38(33)53-45(43)48(40)34-25-31(46(6,7)8)16-17-35(34)49(36)42-29(4)24-39-44(30(42)5)52-19-18-51-39/h12-17,20-25H,18-19H2,1-11H3. The number of furan rings is 1. The van der Waals surface area contributed by atoms with Crippen LogP contribution in [0.15, 0.2) is 77.2 Å². The second kappa shape index (κ2) is 11.5. The summed E-state index contributed by atoms with van der Waals surface area (Å²) in [6.45, 7) is 25.9. The lowest BCUT2D eigenvalue weighted by Gasteiger charge is -2.44. The minimum absolute atomic E-state index is 0.0331. The third-order valence-corrected chi connectivity index (χ3v) is 11.6. The van der Waals surface area contributed by atoms with E-state index in [1.165, 1.54) is 55.8 Å². The van der Waals surface area contributed by atoms with E-state index in [0.29, 0.717) is 13.2 Å². The van der Waals surface area contributed by atoms with Crippen LogP contribution in [0.25, 0.3) is 11.0 Å². The number of hydrogen-bond donors (Lipinski definition) is 0. The normalized spacial score (nSPS) is 14.7. The van der Waals surface area contributed by atoms with Crippen LogP contribution in [0.5, 0.6) is 11.5 Å². The van der Waals surface area contributed by atoms with Crippen LogP contribution in [0.1, 0.15) is 80.5 Å². The van der Waals surface area contributed by atoms with Crippen molar-refractivity contribution in [2.75, 3.05) is 23.0 Å². The Balaban J connectivity index is 1.42. The molecule has 5 aromatic carbocycles. The highest BCUT2D eigenvalue weighted by atomic mass is 16.6. The van der Waals surface area contributed by atoms with Crippen molar-refractivity contribution in [1.82, 2.24) is 0 Å². The number of para-hydroxylation sites is 1. The van der Waals surface area contributed by atoms with Crippen molar-refractivity contribution in [1.29, 1.82) is 0 Å². The molecule has 0 saturated heterocycles. The predicted octanol–water partition coefficient (Wildman–Crippen LogP) is 10.4. The molecule has 0 fully saturated rings. The molecule has 0 unspecified atom stereocenters. The molecule has 1 aromatic heterocycles. The molecule has 0 spiro atoms. The fourth-order valence-corrected chi connectivity index (χ4v) is 9.10. The fourth-order valence-electron chi connectivity index (χ4n) is 9.10. The lowest BCUT2D eigenvalue weighted by atomic mass is 9.35. The third-order valence-electron chi connectivity index (χ3n) is 11.6. The van der Waals surface area contributed by atoms with Gasteiger partial charge in [-0.3, -0.25) is 0 Å². The van der Waals surface area contributed by atoms with Crippen molar-refractivity contribution in [3.05, 3.63) is 112 Å². The van der Waals surface area contributed by atoms with E-state index in [0.717, 1.165) is 56.3 Å². The molecule has 3 aliphatic heterocycles. The van der Waals surface area contributed by atoms with Gasteiger partial charge >= 0.3 is 0 Å². The molecule has 9 rings (SSSR count). The van der Waals surface area contributed by atoms with Crippen LogP contribution in [0, 0.1) is 34.6 Å². The maximum atomic E-state index is 7.13. The molecule has 3 aliphatic rings. The summed E-state index contributed by atoms with van der Waals surface area (Å²) in [7, 11) is 0. The van der Waals surface area contributed by atoms with Crippen LogP contribution in [-0.4, -0.2) is 19.9 Å². The van der Waals surface area contributed by atoms with Crippen LogP contribution in [-0.2, 0) is 10.8 Å². The number of hydrogen-bond acceptors (Lipinski definition) is 5. The van der Waals surface area contributed by atoms with Crippen molar-refractivity contribution in [2.24, 2.45) is 0 Å². The Morgan fingerprint density at radius 3 is 1.94 bits per heavy atom. The summed E-state index contributed by atoms with van der Waals surface area (Å²) in [5.74, 6) is 1.65. The van der Waals surface area contributed by atoms with Gasteiger partial charge in [-0.15, -0.1) is 0 Å². The van der Waals surface area contributed by atoms with Crippen molar-refractivity contribution in [3.63, 3.8) is 0 Å². The van der Waals surface area contributed by atoms with Gasteiger partial charge in [0.1, 0.15) is 18.8 Å². The molecule has 0 bridgehead atoms. The van der Waals surface area contributed by atoms with Gasteiger partial charge in [-0.05, 0) is 126 Å². The van der Waals surface area contributed by atoms with Crippen LogP contribution in [0.4, 0.5) is 34.1 Å². The molecule has 0 N–H and O–H groups in total. The van der Waals surface area contributed by atoms with Crippen molar-refractivity contribution < 1.29 is 13.9 Å². The van der Waals surface area contributed by atoms with Gasteiger partial charge in [-0.1, -0.05) is 77.9 Å². The number of benzene rings is 5.